The van der Waals surface area contributed by atoms with Crippen LogP contribution in [0.3, 0.4) is 0 Å². The monoisotopic (exact) mass is 235 g/mol. The Labute approximate surface area is 99.7 Å². The third-order valence-corrected chi connectivity index (χ3v) is 3.51. The van der Waals surface area contributed by atoms with Gasteiger partial charge in [0.05, 0.1) is 11.7 Å². The average molecular weight is 236 g/mol. The van der Waals surface area contributed by atoms with Gasteiger partial charge in [-0.15, -0.1) is 0 Å². The predicted molar refractivity (Wildman–Crippen MR) is 65.1 cm³/mol. The number of likely N-dealkylation sites (tertiary alicyclic amines) is 1. The van der Waals surface area contributed by atoms with E-state index in [9.17, 15) is 0 Å². The maximum Gasteiger partial charge on any atom is 0.117 e. The van der Waals surface area contributed by atoms with Gasteiger partial charge in [-0.1, -0.05) is 11.6 Å². The highest BCUT2D eigenvalue weighted by atomic mass is 35.5. The van der Waals surface area contributed by atoms with Crippen LogP contribution in [0.5, 0.6) is 0 Å². The predicted octanol–water partition coefficient (Wildman–Crippen LogP) is 2.41. The number of pyridine rings is 1. The summed E-state index contributed by atoms with van der Waals surface area (Å²) in [5.41, 5.74) is 1.08. The van der Waals surface area contributed by atoms with Crippen LogP contribution in [-0.4, -0.2) is 34.4 Å². The normalized spacial score (nSPS) is 22.0. The Bertz CT molecular complexity index is 520. The van der Waals surface area contributed by atoms with E-state index in [0.717, 1.165) is 29.5 Å². The molecule has 3 heterocycles. The molecule has 1 aliphatic rings. The maximum absolute atomic E-state index is 5.96. The van der Waals surface area contributed by atoms with E-state index >= 15 is 0 Å². The molecule has 0 aromatic carbocycles. The third-order valence-electron chi connectivity index (χ3n) is 3.28. The Balaban J connectivity index is 2.04. The summed E-state index contributed by atoms with van der Waals surface area (Å²) in [5.74, 6) is 1.71. The lowest BCUT2D eigenvalue weighted by atomic mass is 10.1. The van der Waals surface area contributed by atoms with Crippen molar-refractivity contribution in [1.29, 1.82) is 0 Å². The van der Waals surface area contributed by atoms with E-state index in [2.05, 4.69) is 21.3 Å². The summed E-state index contributed by atoms with van der Waals surface area (Å²) >= 11 is 5.96. The van der Waals surface area contributed by atoms with Gasteiger partial charge in [0, 0.05) is 23.7 Å². The first-order valence-corrected chi connectivity index (χ1v) is 5.93. The first-order valence-electron chi connectivity index (χ1n) is 5.55. The highest BCUT2D eigenvalue weighted by Crippen LogP contribution is 2.26. The molecule has 0 saturated carbocycles. The number of hydrogen-bond acceptors (Lipinski definition) is 2. The molecule has 1 saturated heterocycles. The SMILES string of the molecule is CN1CCC(c2ncc3cc(Cl)ccn23)C1. The minimum atomic E-state index is 0.550. The topological polar surface area (TPSA) is 20.5 Å². The molecule has 3 rings (SSSR count). The maximum atomic E-state index is 5.96. The molecule has 1 atom stereocenters. The highest BCUT2D eigenvalue weighted by Gasteiger charge is 2.24. The van der Waals surface area contributed by atoms with Crippen LogP contribution in [-0.2, 0) is 0 Å². The van der Waals surface area contributed by atoms with Gasteiger partial charge in [-0.3, -0.25) is 0 Å². The summed E-state index contributed by atoms with van der Waals surface area (Å²) in [4.78, 5) is 6.88. The van der Waals surface area contributed by atoms with Crippen LogP contribution >= 0.6 is 11.6 Å². The number of fused-ring (bicyclic) bond motifs is 1. The molecule has 2 aromatic heterocycles. The largest absolute Gasteiger partial charge is 0.306 e. The van der Waals surface area contributed by atoms with Crippen LogP contribution in [0.25, 0.3) is 5.52 Å². The first-order chi connectivity index (χ1) is 7.74. The second-order valence-corrected chi connectivity index (χ2v) is 4.94. The van der Waals surface area contributed by atoms with Crippen molar-refractivity contribution in [3.05, 3.63) is 35.4 Å². The Morgan fingerprint density at radius 3 is 3.12 bits per heavy atom. The zero-order chi connectivity index (χ0) is 11.1. The lowest BCUT2D eigenvalue weighted by Gasteiger charge is -2.09. The fourth-order valence-corrected chi connectivity index (χ4v) is 2.61. The van der Waals surface area contributed by atoms with Crippen LogP contribution in [0, 0.1) is 0 Å². The zero-order valence-electron chi connectivity index (χ0n) is 9.23. The van der Waals surface area contributed by atoms with Crippen molar-refractivity contribution in [2.75, 3.05) is 20.1 Å². The molecule has 16 heavy (non-hydrogen) atoms. The molecular formula is C12H14ClN3. The fourth-order valence-electron chi connectivity index (χ4n) is 2.44. The van der Waals surface area contributed by atoms with Crippen molar-refractivity contribution in [1.82, 2.24) is 14.3 Å². The molecule has 84 valence electrons. The Morgan fingerprint density at radius 2 is 2.38 bits per heavy atom. The quantitative estimate of drug-likeness (QED) is 0.757. The second kappa shape index (κ2) is 3.75. The van der Waals surface area contributed by atoms with E-state index in [1.54, 1.807) is 0 Å². The van der Waals surface area contributed by atoms with Crippen molar-refractivity contribution < 1.29 is 0 Å². The van der Waals surface area contributed by atoms with Gasteiger partial charge in [0.1, 0.15) is 5.82 Å². The van der Waals surface area contributed by atoms with Crippen LogP contribution in [0.4, 0.5) is 0 Å². The van der Waals surface area contributed by atoms with E-state index in [1.807, 2.05) is 24.5 Å². The van der Waals surface area contributed by atoms with Gasteiger partial charge in [0.2, 0.25) is 0 Å². The van der Waals surface area contributed by atoms with Gasteiger partial charge < -0.3 is 9.30 Å². The van der Waals surface area contributed by atoms with Crippen LogP contribution < -0.4 is 0 Å². The molecule has 1 aliphatic heterocycles. The Kier molecular flexibility index (Phi) is 2.37. The number of imidazole rings is 1. The van der Waals surface area contributed by atoms with Crippen LogP contribution in [0.2, 0.25) is 5.02 Å². The molecule has 1 unspecified atom stereocenters. The number of nitrogens with zero attached hydrogens (tertiary/aromatic N) is 3. The summed E-state index contributed by atoms with van der Waals surface area (Å²) in [6.07, 6.45) is 5.11. The Hall–Kier alpha value is -1.06. The Morgan fingerprint density at radius 1 is 1.50 bits per heavy atom. The molecule has 1 fully saturated rings. The second-order valence-electron chi connectivity index (χ2n) is 4.50. The van der Waals surface area contributed by atoms with Crippen molar-refractivity contribution in [3.8, 4) is 0 Å². The third kappa shape index (κ3) is 1.60. The lowest BCUT2D eigenvalue weighted by Crippen LogP contribution is -2.14. The molecule has 0 N–H and O–H groups in total. The summed E-state index contributed by atoms with van der Waals surface area (Å²) < 4.78 is 2.15. The molecule has 0 spiro atoms. The highest BCUT2D eigenvalue weighted by molar-refractivity contribution is 6.30. The molecule has 0 radical (unpaired) electrons. The number of aromatic nitrogens is 2. The zero-order valence-corrected chi connectivity index (χ0v) is 9.98. The molecular weight excluding hydrogens is 222 g/mol. The lowest BCUT2D eigenvalue weighted by molar-refractivity contribution is 0.409. The fraction of sp³-hybridized carbons (Fsp3) is 0.417. The number of halogens is 1. The van der Waals surface area contributed by atoms with Gasteiger partial charge in [0.15, 0.2) is 0 Å². The van der Waals surface area contributed by atoms with Crippen LogP contribution in [0.15, 0.2) is 24.5 Å². The van der Waals surface area contributed by atoms with E-state index in [-0.39, 0.29) is 0 Å². The molecule has 4 heteroatoms. The number of likely N-dealkylation sites (N-methyl/N-ethyl adjacent to an activating group) is 1. The van der Waals surface area contributed by atoms with E-state index in [0.29, 0.717) is 5.92 Å². The minimum Gasteiger partial charge on any atom is -0.306 e. The molecule has 0 bridgehead atoms. The van der Waals surface area contributed by atoms with Crippen molar-refractivity contribution in [2.45, 2.75) is 12.3 Å². The first kappa shape index (κ1) is 10.1. The summed E-state index contributed by atoms with van der Waals surface area (Å²) in [5, 5.41) is 0.766. The summed E-state index contributed by atoms with van der Waals surface area (Å²) in [6, 6.07) is 3.87. The molecule has 0 aliphatic carbocycles. The van der Waals surface area contributed by atoms with E-state index in [1.165, 1.54) is 6.42 Å². The summed E-state index contributed by atoms with van der Waals surface area (Å²) in [7, 11) is 2.16. The van der Waals surface area contributed by atoms with Gasteiger partial charge in [-0.05, 0) is 32.1 Å². The summed E-state index contributed by atoms with van der Waals surface area (Å²) in [6.45, 7) is 2.26. The van der Waals surface area contributed by atoms with E-state index in [4.69, 9.17) is 11.6 Å². The smallest absolute Gasteiger partial charge is 0.117 e. The van der Waals surface area contributed by atoms with Gasteiger partial charge in [0.25, 0.3) is 0 Å². The average Bonchev–Trinajstić information content (AvgIpc) is 2.83. The van der Waals surface area contributed by atoms with E-state index < -0.39 is 0 Å². The molecule has 2 aromatic rings. The van der Waals surface area contributed by atoms with Crippen LogP contribution in [0.1, 0.15) is 18.2 Å². The molecule has 0 amide bonds. The van der Waals surface area contributed by atoms with Crippen molar-refractivity contribution in [2.24, 2.45) is 0 Å². The minimum absolute atomic E-state index is 0.550. The van der Waals surface area contributed by atoms with Crippen molar-refractivity contribution >= 4 is 17.1 Å². The van der Waals surface area contributed by atoms with Gasteiger partial charge >= 0.3 is 0 Å². The van der Waals surface area contributed by atoms with Crippen molar-refractivity contribution in [3.63, 3.8) is 0 Å². The van der Waals surface area contributed by atoms with Gasteiger partial charge in [-0.25, -0.2) is 4.98 Å². The molecule has 3 nitrogen and oxygen atoms in total. The van der Waals surface area contributed by atoms with Gasteiger partial charge in [-0.2, -0.15) is 0 Å². The number of rotatable bonds is 1. The number of hydrogen-bond donors (Lipinski definition) is 0. The standard InChI is InChI=1S/C12H14ClN3/c1-15-4-2-9(8-15)12-14-7-11-6-10(13)3-5-16(11)12/h3,5-7,9H,2,4,8H2,1H3.